The van der Waals surface area contributed by atoms with Crippen LogP contribution in [0.15, 0.2) is 51.7 Å². The average molecular weight is 746 g/mol. The van der Waals surface area contributed by atoms with E-state index in [1.54, 1.807) is 20.2 Å². The molecule has 0 saturated heterocycles. The number of nitrogens with zero attached hydrogens (tertiary/aromatic N) is 9. The summed E-state index contributed by atoms with van der Waals surface area (Å²) in [4.78, 5) is 25.4. The van der Waals surface area contributed by atoms with Crippen LogP contribution >= 0.6 is 11.3 Å². The molecule has 3 N–H and O–H groups in total. The summed E-state index contributed by atoms with van der Waals surface area (Å²) in [6, 6.07) is 9.45. The fourth-order valence-electron chi connectivity index (χ4n) is 5.44. The Balaban J connectivity index is 1.48. The van der Waals surface area contributed by atoms with Crippen molar-refractivity contribution in [3.8, 4) is 11.2 Å². The summed E-state index contributed by atoms with van der Waals surface area (Å²) >= 11 is 1.22. The van der Waals surface area contributed by atoms with Crippen molar-refractivity contribution < 1.29 is 23.1 Å². The van der Waals surface area contributed by atoms with Crippen LogP contribution in [-0.4, -0.2) is 88.9 Å². The van der Waals surface area contributed by atoms with Gasteiger partial charge in [-0.25, -0.2) is 28.1 Å². The molecule has 52 heavy (non-hydrogen) atoms. The van der Waals surface area contributed by atoms with Crippen molar-refractivity contribution in [3.05, 3.63) is 70.2 Å². The molecule has 3 aromatic heterocycles. The number of ether oxygens (including phenoxy) is 1. The van der Waals surface area contributed by atoms with E-state index in [4.69, 9.17) is 14.7 Å². The number of nitriles is 1. The van der Waals surface area contributed by atoms with Gasteiger partial charge in [0.1, 0.15) is 23.5 Å². The first-order valence-electron chi connectivity index (χ1n) is 16.2. The summed E-state index contributed by atoms with van der Waals surface area (Å²) < 4.78 is 34.2. The number of nitrogens with one attached hydrogen (secondary N) is 2. The number of anilines is 2. The van der Waals surface area contributed by atoms with Gasteiger partial charge in [0.15, 0.2) is 17.3 Å². The molecule has 3 heterocycles. The Kier molecular flexibility index (Phi) is 11.6. The SMILES string of the molecule is CNc1nc(Cc2c(C)cc(C)cc2C)nc(NCCCOC)c1N=Nc1nn(-c2nc3cc(S(=O)(=O)N(C)C(C)C(=O)O)ccc3s2)cc1C#N. The van der Waals surface area contributed by atoms with Crippen LogP contribution in [0.1, 0.15) is 47.0 Å². The van der Waals surface area contributed by atoms with Gasteiger partial charge in [-0.15, -0.1) is 15.3 Å². The summed E-state index contributed by atoms with van der Waals surface area (Å²) in [7, 11) is 0.462. The lowest BCUT2D eigenvalue weighted by Gasteiger charge is -2.20. The highest BCUT2D eigenvalue weighted by Gasteiger charge is 2.30. The molecule has 5 aromatic rings. The minimum Gasteiger partial charge on any atom is -0.480 e. The molecule has 0 spiro atoms. The van der Waals surface area contributed by atoms with Crippen molar-refractivity contribution in [3.63, 3.8) is 0 Å². The zero-order chi connectivity index (χ0) is 37.7. The fourth-order valence-corrected chi connectivity index (χ4v) is 7.65. The Morgan fingerprint density at radius 2 is 1.85 bits per heavy atom. The van der Waals surface area contributed by atoms with Gasteiger partial charge < -0.3 is 20.5 Å². The van der Waals surface area contributed by atoms with E-state index in [1.807, 2.05) is 0 Å². The van der Waals surface area contributed by atoms with E-state index < -0.39 is 22.0 Å². The molecule has 0 radical (unpaired) electrons. The van der Waals surface area contributed by atoms with Gasteiger partial charge in [-0.05, 0) is 69.0 Å². The third-order valence-corrected chi connectivity index (χ3v) is 11.3. The predicted octanol–water partition coefficient (Wildman–Crippen LogP) is 5.66. The number of fused-ring (bicyclic) bond motifs is 1. The summed E-state index contributed by atoms with van der Waals surface area (Å²) in [6.07, 6.45) is 2.68. The number of rotatable bonds is 15. The quantitative estimate of drug-likeness (QED) is 0.0875. The smallest absolute Gasteiger partial charge is 0.321 e. The topological polar surface area (TPSA) is 213 Å². The first-order valence-corrected chi connectivity index (χ1v) is 18.4. The number of aryl methyl sites for hydroxylation is 3. The molecule has 18 heteroatoms. The molecule has 0 aliphatic carbocycles. The molecule has 0 aliphatic heterocycles. The van der Waals surface area contributed by atoms with E-state index >= 15 is 0 Å². The lowest BCUT2D eigenvalue weighted by Crippen LogP contribution is -2.40. The van der Waals surface area contributed by atoms with Gasteiger partial charge in [0.25, 0.3) is 0 Å². The van der Waals surface area contributed by atoms with Crippen LogP contribution in [0.3, 0.4) is 0 Å². The molecular weight excluding hydrogens is 707 g/mol. The standard InChI is InChI=1S/C34H39N11O5S2/c1-19-13-20(2)25(21(3)14-19)16-28-39-31(36-5)29(32(40-28)37-11-8-12-50-7)41-42-30-23(17-35)18-45(43-30)34-38-26-15-24(9-10-27(26)51-34)52(48,49)44(6)22(4)33(46)47/h9-10,13-15,18,22H,8,11-12,16H2,1-7H3,(H,46,47)(H2,36,37,39,40). The number of hydrogen-bond donors (Lipinski definition) is 3. The van der Waals surface area contributed by atoms with Crippen LogP contribution < -0.4 is 10.6 Å². The first kappa shape index (κ1) is 37.9. The zero-order valence-electron chi connectivity index (χ0n) is 29.8. The Morgan fingerprint density at radius 1 is 1.13 bits per heavy atom. The molecule has 0 saturated carbocycles. The number of carboxylic acid groups (broad SMARTS) is 1. The number of aliphatic carboxylic acids is 1. The summed E-state index contributed by atoms with van der Waals surface area (Å²) in [5.74, 6) is 0.229. The highest BCUT2D eigenvalue weighted by atomic mass is 32.2. The molecule has 272 valence electrons. The van der Waals surface area contributed by atoms with Crippen molar-refractivity contribution in [1.29, 1.82) is 5.26 Å². The van der Waals surface area contributed by atoms with E-state index in [0.29, 0.717) is 64.5 Å². The molecule has 0 amide bonds. The molecule has 1 atom stereocenters. The number of hydrogen-bond acceptors (Lipinski definition) is 14. The number of benzene rings is 2. The maximum Gasteiger partial charge on any atom is 0.321 e. The van der Waals surface area contributed by atoms with E-state index in [9.17, 15) is 23.6 Å². The molecular formula is C34H39N11O5S2. The molecule has 16 nitrogen and oxygen atoms in total. The summed E-state index contributed by atoms with van der Waals surface area (Å²) in [5, 5.41) is 39.3. The molecule has 1 unspecified atom stereocenters. The van der Waals surface area contributed by atoms with Gasteiger partial charge in [0.2, 0.25) is 21.0 Å². The Morgan fingerprint density at radius 3 is 2.50 bits per heavy atom. The van der Waals surface area contributed by atoms with Crippen LogP contribution in [0.4, 0.5) is 23.1 Å². The number of methoxy groups -OCH3 is 1. The second-order valence-electron chi connectivity index (χ2n) is 12.0. The van der Waals surface area contributed by atoms with Crippen molar-refractivity contribution >= 4 is 60.7 Å². The summed E-state index contributed by atoms with van der Waals surface area (Å²) in [5.41, 5.74) is 5.44. The fraction of sp³-hybridized carbons (Fsp3) is 0.353. The van der Waals surface area contributed by atoms with Crippen molar-refractivity contribution in [2.75, 3.05) is 45.0 Å². The maximum absolute atomic E-state index is 13.1. The molecule has 0 aliphatic rings. The van der Waals surface area contributed by atoms with Crippen LogP contribution in [0.25, 0.3) is 15.3 Å². The average Bonchev–Trinajstić information content (AvgIpc) is 3.74. The first-order chi connectivity index (χ1) is 24.8. The number of likely N-dealkylation sites (N-methyl/N-ethyl adjacent to an activating group) is 1. The molecule has 2 aromatic carbocycles. The van der Waals surface area contributed by atoms with E-state index in [-0.39, 0.29) is 16.3 Å². The number of thiazole rings is 1. The van der Waals surface area contributed by atoms with Gasteiger partial charge in [-0.1, -0.05) is 29.0 Å². The van der Waals surface area contributed by atoms with Crippen molar-refractivity contribution in [1.82, 2.24) is 29.0 Å². The Bertz CT molecular complexity index is 2290. The van der Waals surface area contributed by atoms with Gasteiger partial charge >= 0.3 is 5.97 Å². The molecule has 0 fully saturated rings. The lowest BCUT2D eigenvalue weighted by molar-refractivity contribution is -0.140. The van der Waals surface area contributed by atoms with E-state index in [2.05, 4.69) is 69.9 Å². The van der Waals surface area contributed by atoms with E-state index in [0.717, 1.165) is 21.0 Å². The third-order valence-electron chi connectivity index (χ3n) is 8.34. The molecule has 5 rings (SSSR count). The van der Waals surface area contributed by atoms with Gasteiger partial charge in [0.05, 0.1) is 21.3 Å². The van der Waals surface area contributed by atoms with Crippen LogP contribution in [0, 0.1) is 32.1 Å². The molecule has 0 bridgehead atoms. The number of carboxylic acids is 1. The number of carbonyl (C=O) groups is 1. The van der Waals surface area contributed by atoms with Crippen molar-refractivity contribution in [2.45, 2.75) is 51.5 Å². The zero-order valence-corrected chi connectivity index (χ0v) is 31.4. The highest BCUT2D eigenvalue weighted by molar-refractivity contribution is 7.89. The van der Waals surface area contributed by atoms with E-state index in [1.165, 1.54) is 53.9 Å². The minimum absolute atomic E-state index is 0.0247. The summed E-state index contributed by atoms with van der Waals surface area (Å²) in [6.45, 7) is 8.61. The second kappa shape index (κ2) is 15.9. The Labute approximate surface area is 305 Å². The van der Waals surface area contributed by atoms with Gasteiger partial charge in [-0.3, -0.25) is 4.79 Å². The predicted molar refractivity (Wildman–Crippen MR) is 198 cm³/mol. The highest BCUT2D eigenvalue weighted by Crippen LogP contribution is 2.35. The van der Waals surface area contributed by atoms with Crippen molar-refractivity contribution in [2.24, 2.45) is 10.2 Å². The van der Waals surface area contributed by atoms with Gasteiger partial charge in [0, 0.05) is 40.8 Å². The lowest BCUT2D eigenvalue weighted by atomic mass is 9.97. The van der Waals surface area contributed by atoms with Gasteiger partial charge in [-0.2, -0.15) is 9.57 Å². The van der Waals surface area contributed by atoms with Crippen LogP contribution in [0.5, 0.6) is 0 Å². The second-order valence-corrected chi connectivity index (χ2v) is 15.1. The van der Waals surface area contributed by atoms with Crippen LogP contribution in [-0.2, 0) is 26.0 Å². The number of sulfonamides is 1. The number of aromatic nitrogens is 5. The minimum atomic E-state index is -4.12. The number of azo groups is 1. The largest absolute Gasteiger partial charge is 0.480 e. The maximum atomic E-state index is 13.1. The normalized spacial score (nSPS) is 12.4. The Hall–Kier alpha value is -5.35. The van der Waals surface area contributed by atoms with Crippen LogP contribution in [0.2, 0.25) is 0 Å². The monoisotopic (exact) mass is 745 g/mol. The third kappa shape index (κ3) is 8.07.